The molecule has 0 aliphatic carbocycles. The van der Waals surface area contributed by atoms with Crippen molar-refractivity contribution in [1.82, 2.24) is 15.2 Å². The van der Waals surface area contributed by atoms with Gasteiger partial charge in [-0.05, 0) is 13.3 Å². The molecule has 0 spiro atoms. The first-order chi connectivity index (χ1) is 7.74. The van der Waals surface area contributed by atoms with Crippen LogP contribution in [0.15, 0.2) is 6.20 Å². The fourth-order valence-corrected chi connectivity index (χ4v) is 1.79. The zero-order valence-electron chi connectivity index (χ0n) is 9.74. The predicted octanol–water partition coefficient (Wildman–Crippen LogP) is 1.49. The van der Waals surface area contributed by atoms with Gasteiger partial charge in [-0.15, -0.1) is 0 Å². The van der Waals surface area contributed by atoms with Gasteiger partial charge in [0.15, 0.2) is 0 Å². The average Bonchev–Trinajstić information content (AvgIpc) is 2.66. The van der Waals surface area contributed by atoms with Gasteiger partial charge >= 0.3 is 0 Å². The largest absolute Gasteiger partial charge is 0.379 e. The molecule has 0 radical (unpaired) electrons. The highest BCUT2D eigenvalue weighted by molar-refractivity contribution is 6.31. The van der Waals surface area contributed by atoms with Crippen LogP contribution in [-0.4, -0.2) is 23.0 Å². The van der Waals surface area contributed by atoms with E-state index in [1.54, 1.807) is 6.20 Å². The van der Waals surface area contributed by atoms with E-state index < -0.39 is 0 Å². The number of hydrogen-bond acceptors (Lipinski definition) is 4. The molecule has 1 unspecified atom stereocenters. The van der Waals surface area contributed by atoms with Crippen LogP contribution in [0.2, 0.25) is 5.02 Å². The molecule has 92 valence electrons. The fraction of sp³-hybridized carbons (Fsp3) is 0.700. The number of rotatable bonds is 7. The predicted molar refractivity (Wildman–Crippen MR) is 64.1 cm³/mol. The molecule has 1 heterocycles. The van der Waals surface area contributed by atoms with Crippen molar-refractivity contribution in [1.29, 1.82) is 0 Å². The van der Waals surface area contributed by atoms with Crippen molar-refractivity contribution in [3.05, 3.63) is 16.9 Å². The lowest BCUT2D eigenvalue weighted by Crippen LogP contribution is -2.33. The number of nitrogens with one attached hydrogen (secondary N) is 1. The first kappa shape index (κ1) is 13.4. The summed E-state index contributed by atoms with van der Waals surface area (Å²) in [5.41, 5.74) is 3.59. The summed E-state index contributed by atoms with van der Waals surface area (Å²) in [5, 5.41) is 4.78. The monoisotopic (exact) mass is 246 g/mol. The second kappa shape index (κ2) is 6.85. The first-order valence-electron chi connectivity index (χ1n) is 5.49. The Morgan fingerprint density at radius 1 is 1.62 bits per heavy atom. The minimum atomic E-state index is -0.124. The standard InChI is InChI=1S/C10H19ClN4O/c1-3-5-16-7-9(14-12)10-8(11)6-13-15(10)4-2/h6,9,14H,3-5,7,12H2,1-2H3. The molecule has 1 rings (SSSR count). The summed E-state index contributed by atoms with van der Waals surface area (Å²) < 4.78 is 7.29. The van der Waals surface area contributed by atoms with Crippen molar-refractivity contribution in [2.24, 2.45) is 5.84 Å². The molecule has 0 amide bonds. The minimum Gasteiger partial charge on any atom is -0.379 e. The number of nitrogens with zero attached hydrogens (tertiary/aromatic N) is 2. The van der Waals surface area contributed by atoms with Crippen LogP contribution in [-0.2, 0) is 11.3 Å². The fourth-order valence-electron chi connectivity index (χ4n) is 1.52. The Labute approximate surface area is 101 Å². The van der Waals surface area contributed by atoms with Gasteiger partial charge in [0.05, 0.1) is 29.6 Å². The van der Waals surface area contributed by atoms with Crippen LogP contribution in [0.4, 0.5) is 0 Å². The Morgan fingerprint density at radius 3 is 2.94 bits per heavy atom. The summed E-state index contributed by atoms with van der Waals surface area (Å²) >= 11 is 6.08. The van der Waals surface area contributed by atoms with Crippen LogP contribution in [0.5, 0.6) is 0 Å². The van der Waals surface area contributed by atoms with E-state index in [1.807, 2.05) is 11.6 Å². The molecule has 0 bridgehead atoms. The van der Waals surface area contributed by atoms with E-state index in [2.05, 4.69) is 17.4 Å². The molecule has 6 heteroatoms. The number of nitrogens with two attached hydrogens (primary N) is 1. The van der Waals surface area contributed by atoms with E-state index in [0.717, 1.165) is 25.3 Å². The third-order valence-corrected chi connectivity index (χ3v) is 2.59. The molecule has 0 saturated heterocycles. The van der Waals surface area contributed by atoms with Crippen LogP contribution in [0.1, 0.15) is 32.0 Å². The average molecular weight is 247 g/mol. The second-order valence-corrected chi connectivity index (χ2v) is 3.89. The highest BCUT2D eigenvalue weighted by atomic mass is 35.5. The Hall–Kier alpha value is -0.620. The maximum atomic E-state index is 6.08. The normalized spacial score (nSPS) is 13.0. The van der Waals surface area contributed by atoms with Crippen LogP contribution in [0.3, 0.4) is 0 Å². The molecule has 1 atom stereocenters. The maximum Gasteiger partial charge on any atom is 0.0877 e. The Kier molecular flexibility index (Phi) is 5.76. The molecular weight excluding hydrogens is 228 g/mol. The van der Waals surface area contributed by atoms with Crippen LogP contribution >= 0.6 is 11.6 Å². The van der Waals surface area contributed by atoms with Crippen molar-refractivity contribution < 1.29 is 4.74 Å². The lowest BCUT2D eigenvalue weighted by molar-refractivity contribution is 0.109. The Bertz CT molecular complexity index is 316. The number of hydrogen-bond donors (Lipinski definition) is 2. The third-order valence-electron chi connectivity index (χ3n) is 2.30. The zero-order valence-corrected chi connectivity index (χ0v) is 10.5. The second-order valence-electron chi connectivity index (χ2n) is 3.49. The molecule has 0 aromatic carbocycles. The van der Waals surface area contributed by atoms with Gasteiger partial charge < -0.3 is 4.74 Å². The van der Waals surface area contributed by atoms with Crippen molar-refractivity contribution in [2.75, 3.05) is 13.2 Å². The molecule has 0 aliphatic rings. The van der Waals surface area contributed by atoms with E-state index in [1.165, 1.54) is 0 Å². The summed E-state index contributed by atoms with van der Waals surface area (Å²) in [4.78, 5) is 0. The Morgan fingerprint density at radius 2 is 2.38 bits per heavy atom. The summed E-state index contributed by atoms with van der Waals surface area (Å²) in [7, 11) is 0. The SMILES string of the molecule is CCCOCC(NN)c1c(Cl)cnn1CC. The molecule has 16 heavy (non-hydrogen) atoms. The van der Waals surface area contributed by atoms with Crippen molar-refractivity contribution >= 4 is 11.6 Å². The van der Waals surface area contributed by atoms with Gasteiger partial charge in [0, 0.05) is 13.2 Å². The number of hydrazine groups is 1. The van der Waals surface area contributed by atoms with E-state index in [-0.39, 0.29) is 6.04 Å². The van der Waals surface area contributed by atoms with Crippen molar-refractivity contribution in [3.63, 3.8) is 0 Å². The van der Waals surface area contributed by atoms with Gasteiger partial charge in [-0.2, -0.15) is 5.10 Å². The molecule has 0 fully saturated rings. The molecule has 5 nitrogen and oxygen atoms in total. The number of aromatic nitrogens is 2. The van der Waals surface area contributed by atoms with Gasteiger partial charge in [0.1, 0.15) is 0 Å². The van der Waals surface area contributed by atoms with Gasteiger partial charge in [-0.3, -0.25) is 10.5 Å². The topological polar surface area (TPSA) is 65.1 Å². The van der Waals surface area contributed by atoms with E-state index in [9.17, 15) is 0 Å². The minimum absolute atomic E-state index is 0.124. The highest BCUT2D eigenvalue weighted by Crippen LogP contribution is 2.22. The van der Waals surface area contributed by atoms with Crippen LogP contribution < -0.4 is 11.3 Å². The van der Waals surface area contributed by atoms with Crippen LogP contribution in [0.25, 0.3) is 0 Å². The summed E-state index contributed by atoms with van der Waals surface area (Å²) in [6, 6.07) is -0.124. The van der Waals surface area contributed by atoms with Crippen molar-refractivity contribution in [3.8, 4) is 0 Å². The van der Waals surface area contributed by atoms with Gasteiger partial charge in [0.2, 0.25) is 0 Å². The molecule has 1 aromatic heterocycles. The molecule has 3 N–H and O–H groups in total. The highest BCUT2D eigenvalue weighted by Gasteiger charge is 2.18. The van der Waals surface area contributed by atoms with Crippen LogP contribution in [0, 0.1) is 0 Å². The third kappa shape index (κ3) is 3.18. The quantitative estimate of drug-likeness (QED) is 0.435. The Balaban J connectivity index is 2.73. The van der Waals surface area contributed by atoms with E-state index >= 15 is 0 Å². The number of ether oxygens (including phenoxy) is 1. The van der Waals surface area contributed by atoms with Gasteiger partial charge in [-0.25, -0.2) is 5.43 Å². The van der Waals surface area contributed by atoms with Gasteiger partial charge in [0.25, 0.3) is 0 Å². The lowest BCUT2D eigenvalue weighted by atomic mass is 10.2. The van der Waals surface area contributed by atoms with E-state index in [4.69, 9.17) is 22.2 Å². The zero-order chi connectivity index (χ0) is 12.0. The summed E-state index contributed by atoms with van der Waals surface area (Å²) in [6.45, 7) is 6.04. The lowest BCUT2D eigenvalue weighted by Gasteiger charge is -2.17. The smallest absolute Gasteiger partial charge is 0.0877 e. The molecule has 1 aromatic rings. The van der Waals surface area contributed by atoms with Crippen molar-refractivity contribution in [2.45, 2.75) is 32.9 Å². The molecule has 0 saturated carbocycles. The number of aryl methyl sites for hydroxylation is 1. The molecule has 0 aliphatic heterocycles. The summed E-state index contributed by atoms with van der Waals surface area (Å²) in [6.07, 6.45) is 2.61. The van der Waals surface area contributed by atoms with E-state index in [0.29, 0.717) is 11.6 Å². The van der Waals surface area contributed by atoms with Gasteiger partial charge in [-0.1, -0.05) is 18.5 Å². The first-order valence-corrected chi connectivity index (χ1v) is 5.87. The summed E-state index contributed by atoms with van der Waals surface area (Å²) in [5.74, 6) is 5.51. The molecular formula is C10H19ClN4O. The number of halogens is 1. The maximum absolute atomic E-state index is 6.08.